The number of halogens is 2. The molecule has 0 aliphatic rings. The number of hydrogen-bond donors (Lipinski definition) is 0. The molecule has 0 bridgehead atoms. The minimum atomic E-state index is -0.676. The summed E-state index contributed by atoms with van der Waals surface area (Å²) in [4.78, 5) is 28.6. The Hall–Kier alpha value is -2.41. The van der Waals surface area contributed by atoms with E-state index in [4.69, 9.17) is 32.7 Å². The maximum atomic E-state index is 12.2. The number of nitrogens with zero attached hydrogens (tertiary/aromatic N) is 1. The number of carbonyl (C=O) groups excluding carboxylic acids is 2. The van der Waals surface area contributed by atoms with Crippen LogP contribution in [-0.4, -0.2) is 30.5 Å². The van der Waals surface area contributed by atoms with Crippen molar-refractivity contribution in [3.63, 3.8) is 0 Å². The van der Waals surface area contributed by atoms with E-state index in [2.05, 4.69) is 4.98 Å². The molecule has 0 radical (unpaired) electrons. The number of esters is 1. The van der Waals surface area contributed by atoms with E-state index >= 15 is 0 Å². The van der Waals surface area contributed by atoms with E-state index in [1.807, 2.05) is 24.3 Å². The van der Waals surface area contributed by atoms with Gasteiger partial charge in [-0.25, -0.2) is 9.78 Å². The van der Waals surface area contributed by atoms with Gasteiger partial charge in [0.2, 0.25) is 5.78 Å². The maximum absolute atomic E-state index is 12.2. The Morgan fingerprint density at radius 2 is 1.85 bits per heavy atom. The number of ketones is 1. The molecule has 0 atom stereocenters. The molecule has 1 heterocycles. The summed E-state index contributed by atoms with van der Waals surface area (Å²) in [5, 5.41) is 2.87. The summed E-state index contributed by atoms with van der Waals surface area (Å²) in [5.41, 5.74) is 1.23. The fraction of sp³-hybridized carbons (Fsp3) is 0.105. The molecular formula is C19H13Cl2NO4S. The average molecular weight is 422 g/mol. The van der Waals surface area contributed by atoms with Crippen molar-refractivity contribution in [3.8, 4) is 16.3 Å². The van der Waals surface area contributed by atoms with Gasteiger partial charge in [0, 0.05) is 21.5 Å². The lowest BCUT2D eigenvalue weighted by Crippen LogP contribution is -2.15. The Morgan fingerprint density at radius 3 is 2.52 bits per heavy atom. The number of benzene rings is 2. The zero-order chi connectivity index (χ0) is 19.4. The molecule has 138 valence electrons. The van der Waals surface area contributed by atoms with Gasteiger partial charge in [-0.3, -0.25) is 4.79 Å². The van der Waals surface area contributed by atoms with Gasteiger partial charge in [-0.2, -0.15) is 0 Å². The smallest absolute Gasteiger partial charge is 0.358 e. The Balaban J connectivity index is 1.64. The van der Waals surface area contributed by atoms with Crippen molar-refractivity contribution >= 4 is 46.3 Å². The van der Waals surface area contributed by atoms with Gasteiger partial charge in [-0.1, -0.05) is 23.2 Å². The topological polar surface area (TPSA) is 65.5 Å². The molecule has 3 aromatic rings. The van der Waals surface area contributed by atoms with Gasteiger partial charge < -0.3 is 9.47 Å². The van der Waals surface area contributed by atoms with Crippen LogP contribution in [0.2, 0.25) is 10.0 Å². The number of ether oxygens (including phenoxy) is 2. The maximum Gasteiger partial charge on any atom is 0.358 e. The van der Waals surface area contributed by atoms with Gasteiger partial charge in [-0.15, -0.1) is 11.3 Å². The summed E-state index contributed by atoms with van der Waals surface area (Å²) >= 11 is 13.1. The van der Waals surface area contributed by atoms with Crippen LogP contribution < -0.4 is 4.74 Å². The molecule has 0 spiro atoms. The molecule has 5 nitrogen and oxygen atoms in total. The third kappa shape index (κ3) is 4.66. The van der Waals surface area contributed by atoms with Crippen molar-refractivity contribution in [1.29, 1.82) is 0 Å². The number of methoxy groups -OCH3 is 1. The van der Waals surface area contributed by atoms with Crippen LogP contribution in [0.15, 0.2) is 47.8 Å². The van der Waals surface area contributed by atoms with Gasteiger partial charge >= 0.3 is 5.97 Å². The Bertz CT molecular complexity index is 986. The summed E-state index contributed by atoms with van der Waals surface area (Å²) in [6, 6.07) is 11.8. The highest BCUT2D eigenvalue weighted by Gasteiger charge is 2.17. The fourth-order valence-electron chi connectivity index (χ4n) is 2.23. The first-order chi connectivity index (χ1) is 13.0. The SMILES string of the molecule is COc1ccc(-c2nc(C(=O)OCC(=O)c3ccc(Cl)cc3Cl)cs2)cc1. The standard InChI is InChI=1S/C19H13Cl2NO4S/c1-25-13-5-2-11(3-6-13)18-22-16(10-27-18)19(24)26-9-17(23)14-7-4-12(20)8-15(14)21/h2-8,10H,9H2,1H3. The molecule has 8 heteroatoms. The van der Waals surface area contributed by atoms with Crippen LogP contribution in [0.1, 0.15) is 20.8 Å². The predicted octanol–water partition coefficient (Wildman–Crippen LogP) is 5.17. The molecule has 0 fully saturated rings. The molecule has 27 heavy (non-hydrogen) atoms. The molecule has 0 unspecified atom stereocenters. The van der Waals surface area contributed by atoms with Crippen LogP contribution in [0.5, 0.6) is 5.75 Å². The van der Waals surface area contributed by atoms with E-state index < -0.39 is 18.4 Å². The van der Waals surface area contributed by atoms with E-state index in [9.17, 15) is 9.59 Å². The zero-order valence-corrected chi connectivity index (χ0v) is 16.4. The number of thiazole rings is 1. The zero-order valence-electron chi connectivity index (χ0n) is 14.1. The number of Topliss-reactive ketones (excluding diaryl/α,β-unsaturated/α-hetero) is 1. The van der Waals surface area contributed by atoms with Crippen LogP contribution >= 0.6 is 34.5 Å². The third-order valence-electron chi connectivity index (χ3n) is 3.62. The summed E-state index contributed by atoms with van der Waals surface area (Å²) in [6.07, 6.45) is 0. The molecule has 0 saturated heterocycles. The van der Waals surface area contributed by atoms with E-state index in [-0.39, 0.29) is 16.3 Å². The second-order valence-electron chi connectivity index (χ2n) is 5.39. The molecular weight excluding hydrogens is 409 g/mol. The third-order valence-corrected chi connectivity index (χ3v) is 5.06. The number of hydrogen-bond acceptors (Lipinski definition) is 6. The predicted molar refractivity (Wildman–Crippen MR) is 105 cm³/mol. The molecule has 3 rings (SSSR count). The lowest BCUT2D eigenvalue weighted by atomic mass is 10.1. The molecule has 0 saturated carbocycles. The van der Waals surface area contributed by atoms with Gasteiger partial charge in [-0.05, 0) is 42.5 Å². The van der Waals surface area contributed by atoms with E-state index in [1.165, 1.54) is 23.5 Å². The first-order valence-corrected chi connectivity index (χ1v) is 9.37. The summed E-state index contributed by atoms with van der Waals surface area (Å²) in [5.74, 6) is -0.366. The van der Waals surface area contributed by atoms with Crippen molar-refractivity contribution in [2.45, 2.75) is 0 Å². The highest BCUT2D eigenvalue weighted by Crippen LogP contribution is 2.26. The Kier molecular flexibility index (Phi) is 6.11. The quantitative estimate of drug-likeness (QED) is 0.405. The number of aromatic nitrogens is 1. The lowest BCUT2D eigenvalue weighted by Gasteiger charge is -2.05. The van der Waals surface area contributed by atoms with Gasteiger partial charge in [0.15, 0.2) is 12.3 Å². The summed E-state index contributed by atoms with van der Waals surface area (Å²) in [6.45, 7) is -0.435. The fourth-order valence-corrected chi connectivity index (χ4v) is 3.54. The average Bonchev–Trinajstić information content (AvgIpc) is 3.16. The Morgan fingerprint density at radius 1 is 1.11 bits per heavy atom. The second-order valence-corrected chi connectivity index (χ2v) is 7.09. The molecule has 0 amide bonds. The normalized spacial score (nSPS) is 10.5. The van der Waals surface area contributed by atoms with Crippen LogP contribution in [0.25, 0.3) is 10.6 Å². The molecule has 0 aliphatic heterocycles. The van der Waals surface area contributed by atoms with Crippen molar-refractivity contribution < 1.29 is 19.1 Å². The Labute approximate surface area is 169 Å². The monoisotopic (exact) mass is 421 g/mol. The summed E-state index contributed by atoms with van der Waals surface area (Å²) in [7, 11) is 1.59. The number of rotatable bonds is 6. The molecule has 2 aromatic carbocycles. The first kappa shape index (κ1) is 19.4. The van der Waals surface area contributed by atoms with E-state index in [0.29, 0.717) is 10.0 Å². The largest absolute Gasteiger partial charge is 0.497 e. The minimum Gasteiger partial charge on any atom is -0.497 e. The number of carbonyl (C=O) groups is 2. The molecule has 0 N–H and O–H groups in total. The van der Waals surface area contributed by atoms with E-state index in [1.54, 1.807) is 18.6 Å². The van der Waals surface area contributed by atoms with Crippen molar-refractivity contribution in [1.82, 2.24) is 4.98 Å². The van der Waals surface area contributed by atoms with Crippen LogP contribution in [0, 0.1) is 0 Å². The highest BCUT2D eigenvalue weighted by molar-refractivity contribution is 7.13. The van der Waals surface area contributed by atoms with Crippen LogP contribution in [0.3, 0.4) is 0 Å². The van der Waals surface area contributed by atoms with Crippen molar-refractivity contribution in [2.24, 2.45) is 0 Å². The molecule has 1 aromatic heterocycles. The summed E-state index contributed by atoms with van der Waals surface area (Å²) < 4.78 is 10.2. The molecule has 0 aliphatic carbocycles. The van der Waals surface area contributed by atoms with Gasteiger partial charge in [0.25, 0.3) is 0 Å². The van der Waals surface area contributed by atoms with E-state index in [0.717, 1.165) is 11.3 Å². The first-order valence-electron chi connectivity index (χ1n) is 7.73. The lowest BCUT2D eigenvalue weighted by molar-refractivity contribution is 0.0470. The van der Waals surface area contributed by atoms with Crippen LogP contribution in [0.4, 0.5) is 0 Å². The van der Waals surface area contributed by atoms with Crippen molar-refractivity contribution in [3.05, 3.63) is 69.1 Å². The second kappa shape index (κ2) is 8.52. The van der Waals surface area contributed by atoms with Crippen molar-refractivity contribution in [2.75, 3.05) is 13.7 Å². The minimum absolute atomic E-state index is 0.140. The van der Waals surface area contributed by atoms with Crippen LogP contribution in [-0.2, 0) is 4.74 Å². The van der Waals surface area contributed by atoms with Gasteiger partial charge in [0.1, 0.15) is 10.8 Å². The van der Waals surface area contributed by atoms with Gasteiger partial charge in [0.05, 0.1) is 12.1 Å². The highest BCUT2D eigenvalue weighted by atomic mass is 35.5.